The van der Waals surface area contributed by atoms with Crippen molar-refractivity contribution in [3.63, 3.8) is 0 Å². The van der Waals surface area contributed by atoms with Gasteiger partial charge in [0.15, 0.2) is 0 Å². The second-order valence-electron chi connectivity index (χ2n) is 15.8. The molecule has 6 nitrogen and oxygen atoms in total. The van der Waals surface area contributed by atoms with E-state index in [1.54, 1.807) is 0 Å². The fourth-order valence-corrected chi connectivity index (χ4v) is 6.95. The van der Waals surface area contributed by atoms with Gasteiger partial charge in [-0.05, 0) is 77.0 Å². The second kappa shape index (κ2) is 41.5. The predicted octanol–water partition coefficient (Wildman–Crippen LogP) is 13.2. The van der Waals surface area contributed by atoms with Gasteiger partial charge in [-0.25, -0.2) is 0 Å². The molecule has 0 aromatic carbocycles. The highest BCUT2D eigenvalue weighted by molar-refractivity contribution is 5.77. The van der Waals surface area contributed by atoms with Gasteiger partial charge in [0.05, 0.1) is 25.2 Å². The molecule has 0 aliphatic heterocycles. The van der Waals surface area contributed by atoms with Crippen LogP contribution in [0.3, 0.4) is 0 Å². The van der Waals surface area contributed by atoms with Gasteiger partial charge in [0, 0.05) is 6.42 Å². The van der Waals surface area contributed by atoms with E-state index < -0.39 is 18.2 Å². The van der Waals surface area contributed by atoms with Crippen LogP contribution >= 0.6 is 0 Å². The van der Waals surface area contributed by atoms with Gasteiger partial charge in [-0.1, -0.05) is 173 Å². The zero-order valence-electron chi connectivity index (χ0n) is 35.4. The summed E-state index contributed by atoms with van der Waals surface area (Å²) in [5, 5.41) is 23.6. The van der Waals surface area contributed by atoms with Gasteiger partial charge in [-0.3, -0.25) is 9.59 Å². The molecule has 0 heterocycles. The number of nitrogens with one attached hydrogen (secondary N) is 1. The summed E-state index contributed by atoms with van der Waals surface area (Å²) in [7, 11) is 0. The molecule has 0 aromatic rings. The Morgan fingerprint density at radius 1 is 0.528 bits per heavy atom. The number of ether oxygens (including phenoxy) is 1. The number of hydrogen-bond acceptors (Lipinski definition) is 5. The Hall–Kier alpha value is -1.66. The minimum atomic E-state index is -0.788. The standard InChI is InChI=1S/C47H89NO5/c1-4-7-10-13-16-19-22-23-24-25-28-31-34-37-40-47(52)53-43(38-35-32-29-26-20-17-14-11-8-5-2)41-46(51)48-44(42-49)45(50)39-36-33-30-27-21-18-15-12-9-6-3/h17,20,24-25,43-45,49-50H,4-16,18-19,21-23,26-42H2,1-3H3,(H,48,51)/b20-17-,25-24-. The lowest BCUT2D eigenvalue weighted by atomic mass is 10.0. The minimum Gasteiger partial charge on any atom is -0.462 e. The fraction of sp³-hybridized carbons (Fsp3) is 0.872. The van der Waals surface area contributed by atoms with Gasteiger partial charge in [0.25, 0.3) is 0 Å². The lowest BCUT2D eigenvalue weighted by molar-refractivity contribution is -0.151. The Morgan fingerprint density at radius 3 is 1.40 bits per heavy atom. The fourth-order valence-electron chi connectivity index (χ4n) is 6.95. The molecule has 53 heavy (non-hydrogen) atoms. The number of amides is 1. The zero-order chi connectivity index (χ0) is 38.9. The molecule has 3 unspecified atom stereocenters. The van der Waals surface area contributed by atoms with Gasteiger partial charge >= 0.3 is 5.97 Å². The Kier molecular flexibility index (Phi) is 40.2. The molecule has 0 saturated heterocycles. The highest BCUT2D eigenvalue weighted by Crippen LogP contribution is 2.17. The maximum atomic E-state index is 13.1. The third-order valence-corrected chi connectivity index (χ3v) is 10.5. The van der Waals surface area contributed by atoms with E-state index in [-0.39, 0.29) is 24.9 Å². The quantitative estimate of drug-likeness (QED) is 0.0329. The molecule has 0 bridgehead atoms. The number of esters is 1. The van der Waals surface area contributed by atoms with E-state index >= 15 is 0 Å². The summed E-state index contributed by atoms with van der Waals surface area (Å²) >= 11 is 0. The van der Waals surface area contributed by atoms with Crippen molar-refractivity contribution in [3.8, 4) is 0 Å². The van der Waals surface area contributed by atoms with Crippen LogP contribution in [-0.2, 0) is 14.3 Å². The molecule has 1 amide bonds. The molecule has 3 atom stereocenters. The van der Waals surface area contributed by atoms with Crippen molar-refractivity contribution in [2.24, 2.45) is 0 Å². The van der Waals surface area contributed by atoms with Crippen molar-refractivity contribution in [1.82, 2.24) is 5.32 Å². The molecule has 0 saturated carbocycles. The monoisotopic (exact) mass is 748 g/mol. The average Bonchev–Trinajstić information content (AvgIpc) is 3.15. The maximum Gasteiger partial charge on any atom is 0.306 e. The molecule has 6 heteroatoms. The number of rotatable bonds is 41. The average molecular weight is 748 g/mol. The van der Waals surface area contributed by atoms with Crippen molar-refractivity contribution in [2.75, 3.05) is 6.61 Å². The number of aliphatic hydroxyl groups is 2. The van der Waals surface area contributed by atoms with E-state index in [1.165, 1.54) is 116 Å². The number of unbranched alkanes of at least 4 members (excludes halogenated alkanes) is 25. The number of carbonyl (C=O) groups excluding carboxylic acids is 2. The van der Waals surface area contributed by atoms with Crippen LogP contribution in [-0.4, -0.2) is 46.9 Å². The summed E-state index contributed by atoms with van der Waals surface area (Å²) in [6.07, 6.45) is 45.2. The molecule has 0 aromatic heterocycles. The first-order valence-electron chi connectivity index (χ1n) is 23.1. The molecule has 312 valence electrons. The molecule has 0 rings (SSSR count). The van der Waals surface area contributed by atoms with Crippen LogP contribution in [0.25, 0.3) is 0 Å². The van der Waals surface area contributed by atoms with E-state index in [0.717, 1.165) is 77.0 Å². The Balaban J connectivity index is 4.58. The topological polar surface area (TPSA) is 95.9 Å². The first-order chi connectivity index (χ1) is 26.0. The lowest BCUT2D eigenvalue weighted by Gasteiger charge is -2.24. The molecule has 3 N–H and O–H groups in total. The van der Waals surface area contributed by atoms with Crippen LogP contribution in [0, 0.1) is 0 Å². The largest absolute Gasteiger partial charge is 0.462 e. The van der Waals surface area contributed by atoms with Crippen molar-refractivity contribution >= 4 is 11.9 Å². The number of aliphatic hydroxyl groups excluding tert-OH is 2. The summed E-state index contributed by atoms with van der Waals surface area (Å²) in [5.74, 6) is -0.505. The van der Waals surface area contributed by atoms with Crippen LogP contribution < -0.4 is 5.32 Å². The van der Waals surface area contributed by atoms with E-state index in [0.29, 0.717) is 19.3 Å². The predicted molar refractivity (Wildman–Crippen MR) is 227 cm³/mol. The summed E-state index contributed by atoms with van der Waals surface area (Å²) in [5.41, 5.74) is 0. The van der Waals surface area contributed by atoms with Crippen molar-refractivity contribution in [3.05, 3.63) is 24.3 Å². The van der Waals surface area contributed by atoms with E-state index in [9.17, 15) is 19.8 Å². The number of carbonyl (C=O) groups is 2. The normalized spacial score (nSPS) is 13.5. The van der Waals surface area contributed by atoms with Gasteiger partial charge in [-0.15, -0.1) is 0 Å². The zero-order valence-corrected chi connectivity index (χ0v) is 35.4. The van der Waals surface area contributed by atoms with Crippen molar-refractivity contribution < 1.29 is 24.5 Å². The molecule has 0 spiro atoms. The summed E-state index contributed by atoms with van der Waals surface area (Å²) < 4.78 is 5.88. The molecule has 0 fully saturated rings. The van der Waals surface area contributed by atoms with Crippen LogP contribution in [0.4, 0.5) is 0 Å². The lowest BCUT2D eigenvalue weighted by Crippen LogP contribution is -2.46. The van der Waals surface area contributed by atoms with Crippen LogP contribution in [0.2, 0.25) is 0 Å². The van der Waals surface area contributed by atoms with Crippen LogP contribution in [0.1, 0.15) is 239 Å². The highest BCUT2D eigenvalue weighted by atomic mass is 16.5. The third kappa shape index (κ3) is 37.1. The number of allylic oxidation sites excluding steroid dienone is 4. The highest BCUT2D eigenvalue weighted by Gasteiger charge is 2.24. The van der Waals surface area contributed by atoms with Gasteiger partial charge in [0.2, 0.25) is 5.91 Å². The third-order valence-electron chi connectivity index (χ3n) is 10.5. The SMILES string of the molecule is CCCCC/C=C\CCCCCC(CC(=O)NC(CO)C(O)CCCCCCCCCCCC)OC(=O)CCCCC/C=C\CCCCCCCCC. The van der Waals surface area contributed by atoms with E-state index in [2.05, 4.69) is 50.4 Å². The van der Waals surface area contributed by atoms with Crippen molar-refractivity contribution in [2.45, 2.75) is 257 Å². The number of hydrogen-bond donors (Lipinski definition) is 3. The molecular weight excluding hydrogens is 659 g/mol. The van der Waals surface area contributed by atoms with Crippen LogP contribution in [0.5, 0.6) is 0 Å². The Labute approximate surface area is 329 Å². The molecular formula is C47H89NO5. The van der Waals surface area contributed by atoms with Gasteiger partial charge < -0.3 is 20.3 Å². The maximum absolute atomic E-state index is 13.1. The first kappa shape index (κ1) is 51.3. The minimum absolute atomic E-state index is 0.0636. The van der Waals surface area contributed by atoms with Crippen molar-refractivity contribution in [1.29, 1.82) is 0 Å². The van der Waals surface area contributed by atoms with Crippen LogP contribution in [0.15, 0.2) is 24.3 Å². The molecule has 0 radical (unpaired) electrons. The second-order valence-corrected chi connectivity index (χ2v) is 15.8. The smallest absolute Gasteiger partial charge is 0.306 e. The van der Waals surface area contributed by atoms with E-state index in [1.807, 2.05) is 0 Å². The summed E-state index contributed by atoms with van der Waals surface area (Å²) in [4.78, 5) is 25.9. The first-order valence-corrected chi connectivity index (χ1v) is 23.1. The Bertz CT molecular complexity index is 843. The molecule has 0 aliphatic rings. The molecule has 0 aliphatic carbocycles. The Morgan fingerprint density at radius 2 is 0.906 bits per heavy atom. The van der Waals surface area contributed by atoms with Gasteiger partial charge in [-0.2, -0.15) is 0 Å². The van der Waals surface area contributed by atoms with E-state index in [4.69, 9.17) is 4.74 Å². The summed E-state index contributed by atoms with van der Waals surface area (Å²) in [6.45, 7) is 6.42. The van der Waals surface area contributed by atoms with Gasteiger partial charge in [0.1, 0.15) is 6.10 Å². The summed E-state index contributed by atoms with van der Waals surface area (Å²) in [6, 6.07) is -0.703.